The molecule has 0 fully saturated rings. The molecule has 16 heavy (non-hydrogen) atoms. The molecule has 0 amide bonds. The fourth-order valence-corrected chi connectivity index (χ4v) is 1.50. The van der Waals surface area contributed by atoms with Crippen LogP contribution in [0.25, 0.3) is 0 Å². The summed E-state index contributed by atoms with van der Waals surface area (Å²) in [5.41, 5.74) is -0.973. The summed E-state index contributed by atoms with van der Waals surface area (Å²) in [6, 6.07) is 0. The zero-order chi connectivity index (χ0) is 12.8. The highest BCUT2D eigenvalue weighted by molar-refractivity contribution is 7.80. The van der Waals surface area contributed by atoms with E-state index in [1.807, 2.05) is 20.8 Å². The molecule has 96 valence electrons. The van der Waals surface area contributed by atoms with Gasteiger partial charge < -0.3 is 20.1 Å². The molecule has 0 saturated heterocycles. The van der Waals surface area contributed by atoms with Gasteiger partial charge in [0, 0.05) is 6.42 Å². The van der Waals surface area contributed by atoms with Crippen molar-refractivity contribution in [2.75, 3.05) is 26.4 Å². The summed E-state index contributed by atoms with van der Waals surface area (Å²) in [6.07, 6.45) is 0.626. The van der Waals surface area contributed by atoms with E-state index in [9.17, 15) is 0 Å². The molecule has 0 aliphatic rings. The Morgan fingerprint density at radius 1 is 1.06 bits per heavy atom. The first-order valence-corrected chi connectivity index (χ1v) is 5.68. The number of thiocarbonyl (C=S) groups is 1. The second kappa shape index (κ2) is 6.49. The van der Waals surface area contributed by atoms with E-state index < -0.39 is 5.41 Å². The summed E-state index contributed by atoms with van der Waals surface area (Å²) >= 11 is 5.05. The largest absolute Gasteiger partial charge is 0.486 e. The average molecular weight is 250 g/mol. The van der Waals surface area contributed by atoms with Gasteiger partial charge in [-0.15, -0.1) is 0 Å². The molecule has 0 aliphatic carbocycles. The molecule has 0 radical (unpaired) electrons. The molecule has 5 heteroatoms. The van der Waals surface area contributed by atoms with Crippen LogP contribution >= 0.6 is 12.2 Å². The number of rotatable bonds is 6. The van der Waals surface area contributed by atoms with Crippen LogP contribution in [0.3, 0.4) is 0 Å². The van der Waals surface area contributed by atoms with Gasteiger partial charge in [-0.05, 0) is 17.6 Å². The predicted octanol–water partition coefficient (Wildman–Crippen LogP) is 0.730. The van der Waals surface area contributed by atoms with Crippen molar-refractivity contribution in [2.45, 2.75) is 27.2 Å². The predicted molar refractivity (Wildman–Crippen MR) is 66.3 cm³/mol. The third-order valence-electron chi connectivity index (χ3n) is 2.22. The smallest absolute Gasteiger partial charge is 0.160 e. The number of hydrogen-bond donors (Lipinski definition) is 3. The molecular weight excluding hydrogens is 228 g/mol. The van der Waals surface area contributed by atoms with Gasteiger partial charge in [-0.1, -0.05) is 20.8 Å². The summed E-state index contributed by atoms with van der Waals surface area (Å²) in [5, 5.41) is 27.7. The summed E-state index contributed by atoms with van der Waals surface area (Å²) < 4.78 is 5.31. The molecule has 0 unspecified atom stereocenters. The van der Waals surface area contributed by atoms with Gasteiger partial charge >= 0.3 is 0 Å². The maximum Gasteiger partial charge on any atom is 0.160 e. The van der Waals surface area contributed by atoms with Gasteiger partial charge in [0.15, 0.2) is 5.05 Å². The third-order valence-corrected chi connectivity index (χ3v) is 2.48. The highest BCUT2D eigenvalue weighted by Gasteiger charge is 2.30. The van der Waals surface area contributed by atoms with Crippen molar-refractivity contribution in [1.82, 2.24) is 0 Å². The Morgan fingerprint density at radius 2 is 1.50 bits per heavy atom. The molecule has 0 bridgehead atoms. The van der Waals surface area contributed by atoms with E-state index in [1.54, 1.807) is 0 Å². The van der Waals surface area contributed by atoms with Gasteiger partial charge in [0.05, 0.1) is 25.2 Å². The van der Waals surface area contributed by atoms with E-state index in [2.05, 4.69) is 0 Å². The van der Waals surface area contributed by atoms with E-state index in [-0.39, 0.29) is 31.8 Å². The topological polar surface area (TPSA) is 69.9 Å². The first-order valence-electron chi connectivity index (χ1n) is 5.27. The third kappa shape index (κ3) is 5.75. The quantitative estimate of drug-likeness (QED) is 0.606. The molecule has 0 aromatic heterocycles. The number of aliphatic hydroxyl groups is 3. The summed E-state index contributed by atoms with van der Waals surface area (Å²) in [5.74, 6) is 0. The number of aliphatic hydroxyl groups excluding tert-OH is 3. The van der Waals surface area contributed by atoms with Crippen LogP contribution in [0, 0.1) is 10.8 Å². The van der Waals surface area contributed by atoms with E-state index >= 15 is 0 Å². The van der Waals surface area contributed by atoms with E-state index in [1.165, 1.54) is 0 Å². The molecule has 3 N–H and O–H groups in total. The molecule has 0 atom stereocenters. The van der Waals surface area contributed by atoms with Gasteiger partial charge in [-0.3, -0.25) is 0 Å². The molecule has 0 aromatic carbocycles. The Kier molecular flexibility index (Phi) is 6.40. The second-order valence-corrected chi connectivity index (χ2v) is 5.83. The molecule has 0 aromatic rings. The van der Waals surface area contributed by atoms with Gasteiger partial charge in [-0.2, -0.15) is 0 Å². The van der Waals surface area contributed by atoms with Crippen molar-refractivity contribution in [3.8, 4) is 0 Å². The van der Waals surface area contributed by atoms with Crippen molar-refractivity contribution in [3.05, 3.63) is 0 Å². The number of hydrogen-bond acceptors (Lipinski definition) is 5. The lowest BCUT2D eigenvalue weighted by Gasteiger charge is -2.28. The molecule has 0 heterocycles. The Morgan fingerprint density at radius 3 is 1.81 bits per heavy atom. The zero-order valence-electron chi connectivity index (χ0n) is 10.2. The van der Waals surface area contributed by atoms with Gasteiger partial charge in [0.25, 0.3) is 0 Å². The second-order valence-electron chi connectivity index (χ2n) is 5.37. The summed E-state index contributed by atoms with van der Waals surface area (Å²) in [6.45, 7) is 5.15. The summed E-state index contributed by atoms with van der Waals surface area (Å²) in [7, 11) is 0. The SMILES string of the molecule is CC(C)(C)CC(=S)OCC(CO)(CO)CO. The van der Waals surface area contributed by atoms with Gasteiger partial charge in [-0.25, -0.2) is 0 Å². The van der Waals surface area contributed by atoms with Crippen molar-refractivity contribution in [1.29, 1.82) is 0 Å². The minimum Gasteiger partial charge on any atom is -0.486 e. The summed E-state index contributed by atoms with van der Waals surface area (Å²) in [4.78, 5) is 0. The van der Waals surface area contributed by atoms with Crippen molar-refractivity contribution in [2.24, 2.45) is 10.8 Å². The van der Waals surface area contributed by atoms with E-state index in [4.69, 9.17) is 32.3 Å². The van der Waals surface area contributed by atoms with Crippen LogP contribution < -0.4 is 0 Å². The monoisotopic (exact) mass is 250 g/mol. The molecule has 0 aliphatic heterocycles. The van der Waals surface area contributed by atoms with Crippen molar-refractivity contribution >= 4 is 17.3 Å². The van der Waals surface area contributed by atoms with Crippen LogP contribution in [0.4, 0.5) is 0 Å². The maximum absolute atomic E-state index is 9.08. The van der Waals surface area contributed by atoms with Crippen LogP contribution in [-0.2, 0) is 4.74 Å². The van der Waals surface area contributed by atoms with E-state index in [0.717, 1.165) is 0 Å². The molecule has 0 rings (SSSR count). The standard InChI is InChI=1S/C11H22O4S/c1-10(2,3)4-9(16)15-8-11(5-12,6-13)7-14/h12-14H,4-8H2,1-3H3. The highest BCUT2D eigenvalue weighted by Crippen LogP contribution is 2.21. The normalized spacial score (nSPS) is 12.6. The fraction of sp³-hybridized carbons (Fsp3) is 0.909. The van der Waals surface area contributed by atoms with Gasteiger partial charge in [0.1, 0.15) is 6.61 Å². The van der Waals surface area contributed by atoms with Crippen LogP contribution in [0.5, 0.6) is 0 Å². The molecule has 0 saturated carbocycles. The minimum absolute atomic E-state index is 0.0331. The van der Waals surface area contributed by atoms with Crippen LogP contribution in [0.2, 0.25) is 0 Å². The molecular formula is C11H22O4S. The lowest BCUT2D eigenvalue weighted by atomic mass is 9.91. The molecule has 4 nitrogen and oxygen atoms in total. The average Bonchev–Trinajstić information content (AvgIpc) is 2.18. The minimum atomic E-state index is -1.01. The fourth-order valence-electron chi connectivity index (χ4n) is 1.00. The highest BCUT2D eigenvalue weighted by atomic mass is 32.1. The molecule has 0 spiro atoms. The number of ether oxygens (including phenoxy) is 1. The first kappa shape index (κ1) is 15.8. The first-order chi connectivity index (χ1) is 7.28. The van der Waals surface area contributed by atoms with Crippen LogP contribution in [0.15, 0.2) is 0 Å². The Balaban J connectivity index is 4.17. The lowest BCUT2D eigenvalue weighted by molar-refractivity contribution is -0.0291. The maximum atomic E-state index is 9.08. The van der Waals surface area contributed by atoms with E-state index in [0.29, 0.717) is 11.5 Å². The van der Waals surface area contributed by atoms with Crippen molar-refractivity contribution in [3.63, 3.8) is 0 Å². The van der Waals surface area contributed by atoms with Gasteiger partial charge in [0.2, 0.25) is 0 Å². The zero-order valence-corrected chi connectivity index (χ0v) is 11.0. The Labute approximate surface area is 102 Å². The Hall–Kier alpha value is -0.230. The Bertz CT molecular complexity index is 210. The van der Waals surface area contributed by atoms with Crippen LogP contribution in [0.1, 0.15) is 27.2 Å². The lowest BCUT2D eigenvalue weighted by Crippen LogP contribution is -2.39. The van der Waals surface area contributed by atoms with Crippen molar-refractivity contribution < 1.29 is 20.1 Å². The van der Waals surface area contributed by atoms with Crippen LogP contribution in [-0.4, -0.2) is 46.8 Å².